The van der Waals surface area contributed by atoms with E-state index in [-0.39, 0.29) is 0 Å². The molecule has 0 unspecified atom stereocenters. The van der Waals surface area contributed by atoms with Crippen molar-refractivity contribution in [2.24, 2.45) is 0 Å². The van der Waals surface area contributed by atoms with Crippen LogP contribution in [0.5, 0.6) is 0 Å². The number of benzene rings is 9. The minimum atomic E-state index is 1.14. The third-order valence-electron chi connectivity index (χ3n) is 11.8. The van der Waals surface area contributed by atoms with E-state index in [1.54, 1.807) is 0 Å². The second-order valence-electron chi connectivity index (χ2n) is 14.6. The summed E-state index contributed by atoms with van der Waals surface area (Å²) in [6, 6.07) is 66.9. The first-order valence-corrected chi connectivity index (χ1v) is 19.0. The van der Waals surface area contributed by atoms with Crippen LogP contribution in [0.3, 0.4) is 0 Å². The molecule has 0 amide bonds. The Balaban J connectivity index is 1.17. The van der Waals surface area contributed by atoms with Crippen molar-refractivity contribution in [3.05, 3.63) is 194 Å². The third-order valence-corrected chi connectivity index (χ3v) is 11.8. The van der Waals surface area contributed by atoms with E-state index in [9.17, 15) is 0 Å². The summed E-state index contributed by atoms with van der Waals surface area (Å²) >= 11 is 0. The lowest BCUT2D eigenvalue weighted by molar-refractivity contribution is 1.18. The molecule has 0 atom stereocenters. The Kier molecular flexibility index (Phi) is 6.37. The summed E-state index contributed by atoms with van der Waals surface area (Å²) in [4.78, 5) is 4.47. The number of fused-ring (bicyclic) bond motifs is 9. The average Bonchev–Trinajstić information content (AvgIpc) is 3.77. The van der Waals surface area contributed by atoms with Crippen LogP contribution >= 0.6 is 0 Å². The SMILES string of the molecule is c1ccc(-c2c3c(c(-c4ccccc4)c4ccccc24)-c2ccc(-c4ccc5c(c4)c4c6ccncc6ccc4n5-c4ccccc4)c4cccc-3c24)cc1. The van der Waals surface area contributed by atoms with Crippen molar-refractivity contribution in [2.45, 2.75) is 0 Å². The van der Waals surface area contributed by atoms with E-state index in [1.807, 2.05) is 12.4 Å². The quantitative estimate of drug-likeness (QED) is 0.179. The molecular formula is C53H32N2. The molecule has 0 bridgehead atoms. The maximum Gasteiger partial charge on any atom is 0.0547 e. The first-order valence-electron chi connectivity index (χ1n) is 19.0. The fraction of sp³-hybridized carbons (Fsp3) is 0. The number of hydrogen-bond acceptors (Lipinski definition) is 1. The highest BCUT2D eigenvalue weighted by atomic mass is 15.0. The van der Waals surface area contributed by atoms with E-state index in [4.69, 9.17) is 0 Å². The highest BCUT2D eigenvalue weighted by Crippen LogP contribution is 2.58. The predicted octanol–water partition coefficient (Wildman–Crippen LogP) is 14.3. The smallest absolute Gasteiger partial charge is 0.0547 e. The molecule has 9 aromatic carbocycles. The van der Waals surface area contributed by atoms with Gasteiger partial charge in [0.05, 0.1) is 11.0 Å². The van der Waals surface area contributed by atoms with Crippen molar-refractivity contribution in [2.75, 3.05) is 0 Å². The molecule has 0 aliphatic heterocycles. The molecule has 2 aromatic heterocycles. The summed E-state index contributed by atoms with van der Waals surface area (Å²) in [6.07, 6.45) is 3.89. The maximum atomic E-state index is 4.47. The normalized spacial score (nSPS) is 12.0. The molecule has 1 aliphatic carbocycles. The highest BCUT2D eigenvalue weighted by molar-refractivity contribution is 6.29. The molecule has 12 rings (SSSR count). The van der Waals surface area contributed by atoms with Crippen LogP contribution in [-0.2, 0) is 0 Å². The molecule has 0 spiro atoms. The lowest BCUT2D eigenvalue weighted by atomic mass is 9.82. The molecule has 0 fully saturated rings. The van der Waals surface area contributed by atoms with Crippen molar-refractivity contribution in [3.63, 3.8) is 0 Å². The van der Waals surface area contributed by atoms with Gasteiger partial charge in [-0.15, -0.1) is 0 Å². The summed E-state index contributed by atoms with van der Waals surface area (Å²) in [5.41, 5.74) is 16.3. The molecule has 55 heavy (non-hydrogen) atoms. The predicted molar refractivity (Wildman–Crippen MR) is 232 cm³/mol. The van der Waals surface area contributed by atoms with Gasteiger partial charge in [-0.2, -0.15) is 0 Å². The molecule has 2 heteroatoms. The van der Waals surface area contributed by atoms with Gasteiger partial charge in [0.25, 0.3) is 0 Å². The van der Waals surface area contributed by atoms with E-state index in [2.05, 4.69) is 192 Å². The second kappa shape index (κ2) is 11.6. The molecular weight excluding hydrogens is 665 g/mol. The Labute approximate surface area is 318 Å². The van der Waals surface area contributed by atoms with Crippen LogP contribution in [0, 0.1) is 0 Å². The summed E-state index contributed by atoms with van der Waals surface area (Å²) < 4.78 is 2.40. The molecule has 0 N–H and O–H groups in total. The molecule has 0 saturated heterocycles. The lowest BCUT2D eigenvalue weighted by Gasteiger charge is -2.20. The molecule has 0 radical (unpaired) electrons. The Morgan fingerprint density at radius 1 is 0.345 bits per heavy atom. The van der Waals surface area contributed by atoms with Gasteiger partial charge in [0, 0.05) is 34.2 Å². The monoisotopic (exact) mass is 696 g/mol. The van der Waals surface area contributed by atoms with Crippen molar-refractivity contribution in [3.8, 4) is 61.3 Å². The first-order chi connectivity index (χ1) is 27.3. The number of para-hydroxylation sites is 1. The number of hydrogen-bond donors (Lipinski definition) is 0. The molecule has 254 valence electrons. The first kappa shape index (κ1) is 30.2. The number of rotatable bonds is 4. The highest BCUT2D eigenvalue weighted by Gasteiger charge is 2.31. The summed E-state index contributed by atoms with van der Waals surface area (Å²) in [5.74, 6) is 0. The minimum Gasteiger partial charge on any atom is -0.309 e. The standard InChI is InChI=1S/C53H32N2/c1-4-13-33(14-5-1)48-41-19-10-11-20-42(41)49(34-15-6-2-7-16-34)53-44-26-25-38(40-21-12-22-43(50(40)44)52(48)53)35-23-27-46-45(31-35)51-39-29-30-54-32-36(39)24-28-47(51)55(46)37-17-8-3-9-18-37/h1-32H. The molecule has 1 aliphatic rings. The van der Waals surface area contributed by atoms with E-state index < -0.39 is 0 Å². The van der Waals surface area contributed by atoms with Crippen LogP contribution in [0.1, 0.15) is 0 Å². The fourth-order valence-corrected chi connectivity index (χ4v) is 9.57. The van der Waals surface area contributed by atoms with Gasteiger partial charge in [0.2, 0.25) is 0 Å². The van der Waals surface area contributed by atoms with Crippen LogP contribution in [0.25, 0.3) is 115 Å². The average molecular weight is 697 g/mol. The zero-order valence-electron chi connectivity index (χ0n) is 29.9. The molecule has 0 saturated carbocycles. The van der Waals surface area contributed by atoms with Gasteiger partial charge in [-0.25, -0.2) is 0 Å². The molecule has 2 nitrogen and oxygen atoms in total. The van der Waals surface area contributed by atoms with Crippen LogP contribution in [-0.4, -0.2) is 9.55 Å². The van der Waals surface area contributed by atoms with Gasteiger partial charge < -0.3 is 4.57 Å². The summed E-state index contributed by atoms with van der Waals surface area (Å²) in [5, 5.41) is 10.0. The summed E-state index contributed by atoms with van der Waals surface area (Å²) in [6.45, 7) is 0. The maximum absolute atomic E-state index is 4.47. The zero-order chi connectivity index (χ0) is 36.0. The van der Waals surface area contributed by atoms with E-state index in [0.29, 0.717) is 0 Å². The molecule has 2 heterocycles. The van der Waals surface area contributed by atoms with Crippen LogP contribution in [0.2, 0.25) is 0 Å². The lowest BCUT2D eigenvalue weighted by Crippen LogP contribution is -1.93. The van der Waals surface area contributed by atoms with Gasteiger partial charge in [0.1, 0.15) is 0 Å². The third kappa shape index (κ3) is 4.28. The number of aromatic nitrogens is 2. The fourth-order valence-electron chi connectivity index (χ4n) is 9.57. The Morgan fingerprint density at radius 3 is 1.65 bits per heavy atom. The summed E-state index contributed by atoms with van der Waals surface area (Å²) in [7, 11) is 0. The largest absolute Gasteiger partial charge is 0.309 e. The van der Waals surface area contributed by atoms with Crippen LogP contribution in [0.4, 0.5) is 0 Å². The van der Waals surface area contributed by atoms with E-state index in [1.165, 1.54) is 104 Å². The topological polar surface area (TPSA) is 17.8 Å². The Hall–Kier alpha value is -7.29. The van der Waals surface area contributed by atoms with Crippen molar-refractivity contribution < 1.29 is 0 Å². The van der Waals surface area contributed by atoms with Gasteiger partial charge in [-0.1, -0.05) is 146 Å². The minimum absolute atomic E-state index is 1.14. The van der Waals surface area contributed by atoms with Gasteiger partial charge in [-0.3, -0.25) is 4.98 Å². The van der Waals surface area contributed by atoms with Gasteiger partial charge >= 0.3 is 0 Å². The Bertz CT molecular complexity index is 3250. The number of pyridine rings is 1. The van der Waals surface area contributed by atoms with E-state index >= 15 is 0 Å². The Morgan fingerprint density at radius 2 is 0.945 bits per heavy atom. The zero-order valence-corrected chi connectivity index (χ0v) is 29.9. The van der Waals surface area contributed by atoms with Crippen molar-refractivity contribution in [1.82, 2.24) is 9.55 Å². The second-order valence-corrected chi connectivity index (χ2v) is 14.6. The van der Waals surface area contributed by atoms with Gasteiger partial charge in [0.15, 0.2) is 0 Å². The van der Waals surface area contributed by atoms with Crippen molar-refractivity contribution in [1.29, 1.82) is 0 Å². The van der Waals surface area contributed by atoms with Crippen LogP contribution < -0.4 is 0 Å². The van der Waals surface area contributed by atoms with Gasteiger partial charge in [-0.05, 0) is 119 Å². The van der Waals surface area contributed by atoms with E-state index in [0.717, 1.165) is 11.1 Å². The van der Waals surface area contributed by atoms with Crippen LogP contribution in [0.15, 0.2) is 194 Å². The molecule has 11 aromatic rings. The van der Waals surface area contributed by atoms with Crippen molar-refractivity contribution >= 4 is 54.1 Å². The number of nitrogens with zero attached hydrogens (tertiary/aromatic N) is 2.